The molecule has 0 aliphatic heterocycles. The second-order valence-electron chi connectivity index (χ2n) is 7.39. The van der Waals surface area contributed by atoms with Crippen LogP contribution < -0.4 is 5.32 Å². The molecule has 1 aliphatic rings. The molecule has 5 rings (SSSR count). The molecule has 2 aromatic carbocycles. The fourth-order valence-corrected chi connectivity index (χ4v) is 4.37. The first-order chi connectivity index (χ1) is 14.1. The number of fused-ring (bicyclic) bond motifs is 4. The van der Waals surface area contributed by atoms with Crippen LogP contribution in [0.1, 0.15) is 17.7 Å². The zero-order chi connectivity index (χ0) is 20.0. The number of aromatic nitrogens is 3. The first kappa shape index (κ1) is 17.6. The van der Waals surface area contributed by atoms with Crippen molar-refractivity contribution in [3.8, 4) is 0 Å². The highest BCUT2D eigenvalue weighted by atomic mass is 19.1. The Hall–Kier alpha value is -3.48. The molecule has 1 aliphatic carbocycles. The molecule has 1 unspecified atom stereocenters. The molecule has 6 nitrogen and oxygen atoms in total. The van der Waals surface area contributed by atoms with Crippen LogP contribution in [-0.4, -0.2) is 31.7 Å². The third-order valence-corrected chi connectivity index (χ3v) is 5.61. The lowest BCUT2D eigenvalue weighted by Gasteiger charge is -2.25. The number of carbonyl (C=O) groups is 1. The van der Waals surface area contributed by atoms with Gasteiger partial charge in [-0.3, -0.25) is 4.79 Å². The second kappa shape index (κ2) is 6.84. The van der Waals surface area contributed by atoms with Crippen molar-refractivity contribution in [1.29, 1.82) is 0 Å². The Labute approximate surface area is 166 Å². The number of anilines is 1. The number of carboxylic acids is 1. The van der Waals surface area contributed by atoms with Gasteiger partial charge < -0.3 is 15.0 Å². The van der Waals surface area contributed by atoms with E-state index >= 15 is 0 Å². The average Bonchev–Trinajstić information content (AvgIpc) is 3.00. The first-order valence-electron chi connectivity index (χ1n) is 9.57. The van der Waals surface area contributed by atoms with E-state index < -0.39 is 5.97 Å². The van der Waals surface area contributed by atoms with Gasteiger partial charge in [0.2, 0.25) is 0 Å². The molecule has 29 heavy (non-hydrogen) atoms. The maximum absolute atomic E-state index is 13.9. The summed E-state index contributed by atoms with van der Waals surface area (Å²) in [5.74, 6) is -0.434. The molecule has 7 heteroatoms. The number of rotatable bonds is 4. The van der Waals surface area contributed by atoms with Crippen LogP contribution in [0.4, 0.5) is 10.2 Å². The molecule has 146 valence electrons. The van der Waals surface area contributed by atoms with Gasteiger partial charge in [0.25, 0.3) is 0 Å². The van der Waals surface area contributed by atoms with Crippen LogP contribution in [0.3, 0.4) is 0 Å². The molecule has 0 amide bonds. The standard InChI is InChI=1S/C22H19FN4O2/c23-13-5-7-19-16(9-13)17-10-14(6-8-20(17)27(19)11-21(28)29)26-22-15-3-1-2-4-18(15)24-12-25-22/h1-5,7,9,12,14H,6,8,10-11H2,(H,28,29)(H,24,25,26). The van der Waals surface area contributed by atoms with Gasteiger partial charge in [-0.2, -0.15) is 0 Å². The lowest BCUT2D eigenvalue weighted by atomic mass is 9.91. The molecule has 2 N–H and O–H groups in total. The lowest BCUT2D eigenvalue weighted by molar-refractivity contribution is -0.137. The Morgan fingerprint density at radius 3 is 2.93 bits per heavy atom. The molecule has 0 saturated heterocycles. The highest BCUT2D eigenvalue weighted by Crippen LogP contribution is 2.34. The van der Waals surface area contributed by atoms with Crippen LogP contribution in [0.25, 0.3) is 21.8 Å². The average molecular weight is 390 g/mol. The number of halogens is 1. The minimum absolute atomic E-state index is 0.118. The zero-order valence-electron chi connectivity index (χ0n) is 15.6. The summed E-state index contributed by atoms with van der Waals surface area (Å²) in [5, 5.41) is 14.6. The van der Waals surface area contributed by atoms with Crippen molar-refractivity contribution >= 4 is 33.6 Å². The van der Waals surface area contributed by atoms with E-state index in [-0.39, 0.29) is 18.4 Å². The lowest BCUT2D eigenvalue weighted by Crippen LogP contribution is -2.28. The molecule has 1 atom stereocenters. The second-order valence-corrected chi connectivity index (χ2v) is 7.39. The summed E-state index contributed by atoms with van der Waals surface area (Å²) >= 11 is 0. The highest BCUT2D eigenvalue weighted by Gasteiger charge is 2.27. The number of nitrogens with one attached hydrogen (secondary N) is 1. The van der Waals surface area contributed by atoms with Crippen LogP contribution in [0.2, 0.25) is 0 Å². The normalized spacial score (nSPS) is 16.1. The fourth-order valence-electron chi connectivity index (χ4n) is 4.37. The Balaban J connectivity index is 1.53. The van der Waals surface area contributed by atoms with E-state index in [0.29, 0.717) is 6.42 Å². The molecule has 2 heterocycles. The molecule has 0 bridgehead atoms. The number of para-hydroxylation sites is 1. The van der Waals surface area contributed by atoms with Gasteiger partial charge in [0.05, 0.1) is 5.52 Å². The van der Waals surface area contributed by atoms with Crippen molar-refractivity contribution in [3.05, 3.63) is 65.9 Å². The maximum Gasteiger partial charge on any atom is 0.323 e. The Morgan fingerprint density at radius 2 is 2.07 bits per heavy atom. The van der Waals surface area contributed by atoms with E-state index in [0.717, 1.165) is 51.7 Å². The molecule has 2 aromatic heterocycles. The van der Waals surface area contributed by atoms with E-state index in [4.69, 9.17) is 0 Å². The molecule has 0 radical (unpaired) electrons. The van der Waals surface area contributed by atoms with E-state index in [1.807, 2.05) is 28.8 Å². The van der Waals surface area contributed by atoms with Crippen LogP contribution >= 0.6 is 0 Å². The minimum atomic E-state index is -0.901. The van der Waals surface area contributed by atoms with E-state index in [1.54, 1.807) is 12.4 Å². The quantitative estimate of drug-likeness (QED) is 0.554. The number of benzene rings is 2. The van der Waals surface area contributed by atoms with Crippen LogP contribution in [0, 0.1) is 5.82 Å². The fraction of sp³-hybridized carbons (Fsp3) is 0.227. The van der Waals surface area contributed by atoms with Gasteiger partial charge in [-0.25, -0.2) is 14.4 Å². The predicted molar refractivity (Wildman–Crippen MR) is 109 cm³/mol. The van der Waals surface area contributed by atoms with Crippen LogP contribution in [-0.2, 0) is 24.2 Å². The minimum Gasteiger partial charge on any atom is -0.480 e. The summed E-state index contributed by atoms with van der Waals surface area (Å²) in [4.78, 5) is 20.1. The molecule has 0 saturated carbocycles. The van der Waals surface area contributed by atoms with Gasteiger partial charge in [-0.1, -0.05) is 12.1 Å². The summed E-state index contributed by atoms with van der Waals surface area (Å²) in [6, 6.07) is 12.5. The van der Waals surface area contributed by atoms with Crippen molar-refractivity contribution in [2.24, 2.45) is 0 Å². The van der Waals surface area contributed by atoms with E-state index in [1.165, 1.54) is 12.1 Å². The monoisotopic (exact) mass is 390 g/mol. The van der Waals surface area contributed by atoms with Gasteiger partial charge in [-0.15, -0.1) is 0 Å². The summed E-state index contributed by atoms with van der Waals surface area (Å²) < 4.78 is 15.7. The van der Waals surface area contributed by atoms with Gasteiger partial charge >= 0.3 is 5.97 Å². The Kier molecular flexibility index (Phi) is 4.16. The first-order valence-corrected chi connectivity index (χ1v) is 9.57. The van der Waals surface area contributed by atoms with Crippen molar-refractivity contribution in [2.45, 2.75) is 31.8 Å². The molecular formula is C22H19FN4O2. The highest BCUT2D eigenvalue weighted by molar-refractivity contribution is 5.89. The summed E-state index contributed by atoms with van der Waals surface area (Å²) in [6.45, 7) is -0.119. The number of aliphatic carboxylic acids is 1. The summed E-state index contributed by atoms with van der Waals surface area (Å²) in [7, 11) is 0. The third kappa shape index (κ3) is 3.08. The number of hydrogen-bond donors (Lipinski definition) is 2. The topological polar surface area (TPSA) is 80.0 Å². The summed E-state index contributed by atoms with van der Waals surface area (Å²) in [5.41, 5.74) is 3.65. The van der Waals surface area contributed by atoms with Gasteiger partial charge in [0.15, 0.2) is 0 Å². The smallest absolute Gasteiger partial charge is 0.323 e. The summed E-state index contributed by atoms with van der Waals surface area (Å²) in [6.07, 6.45) is 3.79. The van der Waals surface area contributed by atoms with Gasteiger partial charge in [0, 0.05) is 28.0 Å². The molecule has 4 aromatic rings. The van der Waals surface area contributed by atoms with Gasteiger partial charge in [-0.05, 0) is 55.2 Å². The molecule has 0 spiro atoms. The number of carboxylic acid groups (broad SMARTS) is 1. The van der Waals surface area contributed by atoms with Crippen molar-refractivity contribution in [2.75, 3.05) is 5.32 Å². The van der Waals surface area contributed by atoms with Gasteiger partial charge in [0.1, 0.15) is 24.5 Å². The zero-order valence-corrected chi connectivity index (χ0v) is 15.6. The van der Waals surface area contributed by atoms with E-state index in [2.05, 4.69) is 15.3 Å². The van der Waals surface area contributed by atoms with E-state index in [9.17, 15) is 14.3 Å². The maximum atomic E-state index is 13.9. The molecular weight excluding hydrogens is 371 g/mol. The Bertz CT molecular complexity index is 1250. The Morgan fingerprint density at radius 1 is 1.21 bits per heavy atom. The van der Waals surface area contributed by atoms with Crippen molar-refractivity contribution in [3.63, 3.8) is 0 Å². The van der Waals surface area contributed by atoms with Crippen LogP contribution in [0.15, 0.2) is 48.8 Å². The number of hydrogen-bond acceptors (Lipinski definition) is 4. The number of nitrogens with zero attached hydrogens (tertiary/aromatic N) is 3. The third-order valence-electron chi connectivity index (χ3n) is 5.61. The van der Waals surface area contributed by atoms with Crippen molar-refractivity contribution in [1.82, 2.24) is 14.5 Å². The predicted octanol–water partition coefficient (Wildman–Crippen LogP) is 3.78. The molecule has 0 fully saturated rings. The van der Waals surface area contributed by atoms with Crippen molar-refractivity contribution < 1.29 is 14.3 Å². The van der Waals surface area contributed by atoms with Crippen LogP contribution in [0.5, 0.6) is 0 Å². The SMILES string of the molecule is O=C(O)Cn1c2c(c3cc(F)ccc31)CC(Nc1ncnc3ccccc13)CC2. The largest absolute Gasteiger partial charge is 0.480 e.